The van der Waals surface area contributed by atoms with E-state index in [0.29, 0.717) is 21.7 Å². The molecule has 0 unspecified atom stereocenters. The number of aromatic nitrogens is 1. The Hall–Kier alpha value is -2.70. The standard InChI is InChI=1S/C31H35N3OS2/c1-3-4-8-15-34-30(35)28(37-31(34)36)21-26-20-25-18-22(2)11-12-27(25)32-29(26)33-16-13-24(14-17-33)19-23-9-6-5-7-10-23/h5-7,9-12,18,20-21,24H,3-4,8,13-17,19H2,1-2H3/b28-21-. The predicted molar refractivity (Wildman–Crippen MR) is 161 cm³/mol. The van der Waals surface area contributed by atoms with Gasteiger partial charge in [0, 0.05) is 30.6 Å². The number of aryl methyl sites for hydroxylation is 1. The Morgan fingerprint density at radius 2 is 1.86 bits per heavy atom. The third kappa shape index (κ3) is 6.07. The van der Waals surface area contributed by atoms with Crippen LogP contribution in [-0.4, -0.2) is 39.7 Å². The number of piperidine rings is 1. The number of rotatable bonds is 8. The van der Waals surface area contributed by atoms with Crippen molar-refractivity contribution in [3.8, 4) is 0 Å². The monoisotopic (exact) mass is 529 g/mol. The summed E-state index contributed by atoms with van der Waals surface area (Å²) in [6, 6.07) is 19.4. The van der Waals surface area contributed by atoms with Gasteiger partial charge in [-0.2, -0.15) is 0 Å². The number of fused-ring (bicyclic) bond motifs is 1. The molecule has 2 saturated heterocycles. The van der Waals surface area contributed by atoms with Crippen LogP contribution in [0.3, 0.4) is 0 Å². The fourth-order valence-corrected chi connectivity index (χ4v) is 6.61. The number of pyridine rings is 1. The van der Waals surface area contributed by atoms with Gasteiger partial charge in [0.2, 0.25) is 0 Å². The first-order valence-corrected chi connectivity index (χ1v) is 14.7. The molecule has 0 spiro atoms. The summed E-state index contributed by atoms with van der Waals surface area (Å²) in [4.78, 5) is 23.3. The Kier molecular flexibility index (Phi) is 8.26. The minimum Gasteiger partial charge on any atom is -0.356 e. The summed E-state index contributed by atoms with van der Waals surface area (Å²) in [5.41, 5.74) is 4.63. The summed E-state index contributed by atoms with van der Waals surface area (Å²) in [5, 5.41) is 1.10. The summed E-state index contributed by atoms with van der Waals surface area (Å²) in [6.45, 7) is 6.92. The molecule has 2 aromatic carbocycles. The second-order valence-electron chi connectivity index (χ2n) is 10.3. The molecule has 3 heterocycles. The van der Waals surface area contributed by atoms with Gasteiger partial charge < -0.3 is 4.90 Å². The van der Waals surface area contributed by atoms with Gasteiger partial charge in [0.05, 0.1) is 10.4 Å². The van der Waals surface area contributed by atoms with E-state index in [2.05, 4.69) is 73.3 Å². The quantitative estimate of drug-likeness (QED) is 0.173. The van der Waals surface area contributed by atoms with Crippen LogP contribution in [0.4, 0.5) is 5.82 Å². The number of hydrogen-bond acceptors (Lipinski definition) is 5. The van der Waals surface area contributed by atoms with Crippen LogP contribution in [0.25, 0.3) is 17.0 Å². The van der Waals surface area contributed by atoms with Crippen molar-refractivity contribution in [3.63, 3.8) is 0 Å². The molecule has 1 amide bonds. The molecular formula is C31H35N3OS2. The third-order valence-corrected chi connectivity index (χ3v) is 8.78. The minimum absolute atomic E-state index is 0.0305. The minimum atomic E-state index is 0.0305. The maximum absolute atomic E-state index is 13.3. The fraction of sp³-hybridized carbons (Fsp3) is 0.387. The number of benzene rings is 2. The molecule has 1 aromatic heterocycles. The lowest BCUT2D eigenvalue weighted by molar-refractivity contribution is -0.122. The first-order chi connectivity index (χ1) is 18.0. The first kappa shape index (κ1) is 25.9. The first-order valence-electron chi connectivity index (χ1n) is 13.5. The second-order valence-corrected chi connectivity index (χ2v) is 11.9. The van der Waals surface area contributed by atoms with Crippen LogP contribution in [0.15, 0.2) is 59.5 Å². The summed E-state index contributed by atoms with van der Waals surface area (Å²) >= 11 is 7.00. The number of carbonyl (C=O) groups is 1. The zero-order valence-corrected chi connectivity index (χ0v) is 23.4. The number of amides is 1. The van der Waals surface area contributed by atoms with Crippen molar-refractivity contribution in [2.45, 2.75) is 52.4 Å². The molecule has 0 N–H and O–H groups in total. The highest BCUT2D eigenvalue weighted by Crippen LogP contribution is 2.36. The van der Waals surface area contributed by atoms with Crippen molar-refractivity contribution in [2.24, 2.45) is 5.92 Å². The van der Waals surface area contributed by atoms with E-state index in [-0.39, 0.29) is 5.91 Å². The van der Waals surface area contributed by atoms with Gasteiger partial charge in [0.15, 0.2) is 0 Å². The molecule has 0 radical (unpaired) electrons. The van der Waals surface area contributed by atoms with Gasteiger partial charge in [-0.15, -0.1) is 0 Å². The van der Waals surface area contributed by atoms with Crippen LogP contribution in [0, 0.1) is 12.8 Å². The van der Waals surface area contributed by atoms with E-state index in [1.165, 1.54) is 22.9 Å². The van der Waals surface area contributed by atoms with Gasteiger partial charge in [-0.1, -0.05) is 85.7 Å². The van der Waals surface area contributed by atoms with Gasteiger partial charge in [0.25, 0.3) is 5.91 Å². The molecule has 37 heavy (non-hydrogen) atoms. The highest BCUT2D eigenvalue weighted by Gasteiger charge is 2.32. The van der Waals surface area contributed by atoms with E-state index in [1.54, 1.807) is 4.90 Å². The molecule has 2 aliphatic heterocycles. The van der Waals surface area contributed by atoms with Crippen molar-refractivity contribution >= 4 is 57.0 Å². The van der Waals surface area contributed by atoms with Gasteiger partial charge in [-0.05, 0) is 68.4 Å². The Morgan fingerprint density at radius 3 is 2.62 bits per heavy atom. The lowest BCUT2D eigenvalue weighted by Gasteiger charge is -2.34. The summed E-state index contributed by atoms with van der Waals surface area (Å²) in [5.74, 6) is 1.69. The van der Waals surface area contributed by atoms with Crippen LogP contribution in [-0.2, 0) is 11.2 Å². The highest BCUT2D eigenvalue weighted by atomic mass is 32.2. The molecular weight excluding hydrogens is 494 g/mol. The molecule has 2 aliphatic rings. The van der Waals surface area contributed by atoms with Gasteiger partial charge >= 0.3 is 0 Å². The highest BCUT2D eigenvalue weighted by molar-refractivity contribution is 8.26. The Balaban J connectivity index is 1.40. The maximum Gasteiger partial charge on any atom is 0.266 e. The number of anilines is 1. The smallest absolute Gasteiger partial charge is 0.266 e. The number of hydrogen-bond donors (Lipinski definition) is 0. The van der Waals surface area contributed by atoms with Crippen molar-refractivity contribution in [1.29, 1.82) is 0 Å². The Labute approximate surface area is 230 Å². The van der Waals surface area contributed by atoms with Crippen molar-refractivity contribution < 1.29 is 4.79 Å². The number of carbonyl (C=O) groups excluding carboxylic acids is 1. The van der Waals surface area contributed by atoms with Gasteiger partial charge in [-0.25, -0.2) is 4.98 Å². The lowest BCUT2D eigenvalue weighted by Crippen LogP contribution is -2.35. The maximum atomic E-state index is 13.3. The number of nitrogens with zero attached hydrogens (tertiary/aromatic N) is 3. The van der Waals surface area contributed by atoms with Crippen LogP contribution < -0.4 is 4.90 Å². The summed E-state index contributed by atoms with van der Waals surface area (Å²) < 4.78 is 0.667. The average Bonchev–Trinajstić information content (AvgIpc) is 3.17. The Morgan fingerprint density at radius 1 is 1.08 bits per heavy atom. The summed E-state index contributed by atoms with van der Waals surface area (Å²) in [6.07, 6.45) is 8.65. The fourth-order valence-electron chi connectivity index (χ4n) is 5.31. The number of thioether (sulfide) groups is 1. The molecule has 3 aromatic rings. The van der Waals surface area contributed by atoms with E-state index in [4.69, 9.17) is 17.2 Å². The van der Waals surface area contributed by atoms with E-state index in [0.717, 1.165) is 73.9 Å². The molecule has 2 fully saturated rings. The van der Waals surface area contributed by atoms with Crippen molar-refractivity contribution in [1.82, 2.24) is 9.88 Å². The molecule has 0 saturated carbocycles. The molecule has 0 atom stereocenters. The molecule has 5 rings (SSSR count). The van der Waals surface area contributed by atoms with Gasteiger partial charge in [0.1, 0.15) is 10.1 Å². The topological polar surface area (TPSA) is 36.4 Å². The molecule has 192 valence electrons. The molecule has 0 aliphatic carbocycles. The molecule has 0 bridgehead atoms. The lowest BCUT2D eigenvalue weighted by atomic mass is 9.90. The number of thiocarbonyl (C=S) groups is 1. The van der Waals surface area contributed by atoms with Gasteiger partial charge in [-0.3, -0.25) is 9.69 Å². The van der Waals surface area contributed by atoms with Crippen molar-refractivity contribution in [2.75, 3.05) is 24.5 Å². The van der Waals surface area contributed by atoms with E-state index in [9.17, 15) is 4.79 Å². The second kappa shape index (κ2) is 11.8. The zero-order chi connectivity index (χ0) is 25.8. The number of unbranched alkanes of at least 4 members (excludes halogenated alkanes) is 2. The zero-order valence-electron chi connectivity index (χ0n) is 21.8. The van der Waals surface area contributed by atoms with Crippen LogP contribution in [0.2, 0.25) is 0 Å². The van der Waals surface area contributed by atoms with E-state index < -0.39 is 0 Å². The average molecular weight is 530 g/mol. The normalized spacial score (nSPS) is 17.9. The SMILES string of the molecule is CCCCCN1C(=O)/C(=C/c2cc3cc(C)ccc3nc2N2CCC(Cc3ccccc3)CC2)SC1=S. The predicted octanol–water partition coefficient (Wildman–Crippen LogP) is 7.39. The van der Waals surface area contributed by atoms with E-state index in [1.807, 2.05) is 6.08 Å². The third-order valence-electron chi connectivity index (χ3n) is 7.41. The van der Waals surface area contributed by atoms with Crippen molar-refractivity contribution in [3.05, 3.63) is 76.2 Å². The molecule has 4 nitrogen and oxygen atoms in total. The van der Waals surface area contributed by atoms with E-state index >= 15 is 0 Å². The molecule has 6 heteroatoms. The van der Waals surface area contributed by atoms with Crippen LogP contribution in [0.5, 0.6) is 0 Å². The Bertz CT molecular complexity index is 1310. The van der Waals surface area contributed by atoms with Crippen LogP contribution in [0.1, 0.15) is 55.7 Å². The largest absolute Gasteiger partial charge is 0.356 e. The summed E-state index contributed by atoms with van der Waals surface area (Å²) in [7, 11) is 0. The van der Waals surface area contributed by atoms with Crippen LogP contribution >= 0.6 is 24.0 Å².